The summed E-state index contributed by atoms with van der Waals surface area (Å²) in [4.78, 5) is 4.87. The molecule has 0 aliphatic rings. The molecular formula is C10H10N4S. The maximum absolute atomic E-state index is 5.77. The van der Waals surface area contributed by atoms with Crippen LogP contribution in [-0.4, -0.2) is 15.2 Å². The molecule has 0 atom stereocenters. The molecule has 2 aromatic rings. The summed E-state index contributed by atoms with van der Waals surface area (Å²) in [5, 5.41) is 8.86. The molecule has 15 heavy (non-hydrogen) atoms. The van der Waals surface area contributed by atoms with Gasteiger partial charge in [0.1, 0.15) is 5.03 Å². The molecule has 0 saturated heterocycles. The summed E-state index contributed by atoms with van der Waals surface area (Å²) >= 11 is 1.48. The van der Waals surface area contributed by atoms with Gasteiger partial charge >= 0.3 is 0 Å². The van der Waals surface area contributed by atoms with E-state index in [1.165, 1.54) is 11.8 Å². The van der Waals surface area contributed by atoms with Crippen LogP contribution in [0.4, 0.5) is 5.69 Å². The quantitative estimate of drug-likeness (QED) is 0.834. The van der Waals surface area contributed by atoms with Crippen molar-refractivity contribution >= 4 is 17.4 Å². The van der Waals surface area contributed by atoms with Gasteiger partial charge in [-0.3, -0.25) is 4.98 Å². The third-order valence-corrected chi connectivity index (χ3v) is 2.82. The van der Waals surface area contributed by atoms with Gasteiger partial charge in [-0.15, -0.1) is 5.10 Å². The summed E-state index contributed by atoms with van der Waals surface area (Å²) in [6, 6.07) is 5.71. The second kappa shape index (κ2) is 4.27. The lowest BCUT2D eigenvalue weighted by molar-refractivity contribution is 0.896. The first kappa shape index (κ1) is 9.92. The third kappa shape index (κ3) is 2.44. The standard InChI is InChI=1S/C10H10N4S/c1-7-2-3-10(14-13-7)15-9-4-5-12-6-8(9)11/h2-6H,11H2,1H3. The van der Waals surface area contributed by atoms with Crippen molar-refractivity contribution in [3.63, 3.8) is 0 Å². The number of pyridine rings is 1. The van der Waals surface area contributed by atoms with Gasteiger partial charge in [-0.25, -0.2) is 0 Å². The average Bonchev–Trinajstić information content (AvgIpc) is 2.25. The van der Waals surface area contributed by atoms with Crippen LogP contribution in [0.3, 0.4) is 0 Å². The molecular weight excluding hydrogens is 208 g/mol. The van der Waals surface area contributed by atoms with Crippen LogP contribution < -0.4 is 5.73 Å². The van der Waals surface area contributed by atoms with Crippen molar-refractivity contribution in [2.45, 2.75) is 16.8 Å². The van der Waals surface area contributed by atoms with Gasteiger partial charge in [0.05, 0.1) is 17.6 Å². The number of aryl methyl sites for hydroxylation is 1. The van der Waals surface area contributed by atoms with Crippen LogP contribution in [0.5, 0.6) is 0 Å². The minimum absolute atomic E-state index is 0.657. The fourth-order valence-electron chi connectivity index (χ4n) is 1.04. The highest BCUT2D eigenvalue weighted by molar-refractivity contribution is 7.99. The van der Waals surface area contributed by atoms with Gasteiger partial charge in [0, 0.05) is 11.1 Å². The number of nitrogens with two attached hydrogens (primary N) is 1. The summed E-state index contributed by atoms with van der Waals surface area (Å²) in [6.07, 6.45) is 3.34. The smallest absolute Gasteiger partial charge is 0.124 e. The van der Waals surface area contributed by atoms with E-state index < -0.39 is 0 Å². The van der Waals surface area contributed by atoms with Crippen LogP contribution >= 0.6 is 11.8 Å². The zero-order valence-corrected chi connectivity index (χ0v) is 9.03. The number of rotatable bonds is 2. The Hall–Kier alpha value is -1.62. The predicted molar refractivity (Wildman–Crippen MR) is 59.5 cm³/mol. The van der Waals surface area contributed by atoms with Crippen LogP contribution in [0.2, 0.25) is 0 Å². The molecule has 2 aromatic heterocycles. The average molecular weight is 218 g/mol. The molecule has 0 fully saturated rings. The van der Waals surface area contributed by atoms with Gasteiger partial charge in [0.15, 0.2) is 0 Å². The number of hydrogen-bond donors (Lipinski definition) is 1. The number of nitrogens with zero attached hydrogens (tertiary/aromatic N) is 3. The fourth-order valence-corrected chi connectivity index (χ4v) is 1.78. The molecule has 2 heterocycles. The van der Waals surface area contributed by atoms with Gasteiger partial charge in [-0.2, -0.15) is 5.10 Å². The van der Waals surface area contributed by atoms with E-state index in [1.807, 2.05) is 25.1 Å². The molecule has 2 rings (SSSR count). The molecule has 0 spiro atoms. The summed E-state index contributed by atoms with van der Waals surface area (Å²) in [6.45, 7) is 1.91. The maximum atomic E-state index is 5.77. The Morgan fingerprint density at radius 2 is 2.07 bits per heavy atom. The van der Waals surface area contributed by atoms with E-state index >= 15 is 0 Å². The van der Waals surface area contributed by atoms with Gasteiger partial charge in [-0.05, 0) is 25.1 Å². The van der Waals surface area contributed by atoms with Crippen LogP contribution in [-0.2, 0) is 0 Å². The monoisotopic (exact) mass is 218 g/mol. The summed E-state index contributed by atoms with van der Waals surface area (Å²) in [7, 11) is 0. The predicted octanol–water partition coefficient (Wildman–Crippen LogP) is 1.91. The molecule has 0 saturated carbocycles. The number of nitrogen functional groups attached to an aromatic ring is 1. The first-order valence-electron chi connectivity index (χ1n) is 4.43. The largest absolute Gasteiger partial charge is 0.397 e. The van der Waals surface area contributed by atoms with Gasteiger partial charge in [-0.1, -0.05) is 11.8 Å². The highest BCUT2D eigenvalue weighted by Crippen LogP contribution is 2.29. The minimum atomic E-state index is 0.657. The lowest BCUT2D eigenvalue weighted by Gasteiger charge is -2.02. The zero-order valence-electron chi connectivity index (χ0n) is 8.21. The molecule has 76 valence electrons. The first-order chi connectivity index (χ1) is 7.25. The normalized spacial score (nSPS) is 10.2. The van der Waals surface area contributed by atoms with Crippen molar-refractivity contribution in [3.8, 4) is 0 Å². The highest BCUT2D eigenvalue weighted by atomic mass is 32.2. The second-order valence-corrected chi connectivity index (χ2v) is 4.09. The molecule has 0 unspecified atom stereocenters. The number of hydrogen-bond acceptors (Lipinski definition) is 5. The van der Waals surface area contributed by atoms with E-state index in [0.29, 0.717) is 5.69 Å². The van der Waals surface area contributed by atoms with Crippen molar-refractivity contribution in [2.24, 2.45) is 0 Å². The lowest BCUT2D eigenvalue weighted by Crippen LogP contribution is -1.91. The second-order valence-electron chi connectivity index (χ2n) is 3.03. The summed E-state index contributed by atoms with van der Waals surface area (Å²) in [5.41, 5.74) is 7.33. The summed E-state index contributed by atoms with van der Waals surface area (Å²) in [5.74, 6) is 0. The molecule has 0 aliphatic heterocycles. The Morgan fingerprint density at radius 1 is 1.20 bits per heavy atom. The van der Waals surface area contributed by atoms with Crippen LogP contribution in [0, 0.1) is 6.92 Å². The molecule has 0 bridgehead atoms. The Bertz CT molecular complexity index is 455. The SMILES string of the molecule is Cc1ccc(Sc2ccncc2N)nn1. The van der Waals surface area contributed by atoms with Crippen molar-refractivity contribution in [1.82, 2.24) is 15.2 Å². The van der Waals surface area contributed by atoms with Crippen molar-refractivity contribution in [3.05, 3.63) is 36.3 Å². The van der Waals surface area contributed by atoms with Gasteiger partial charge in [0.25, 0.3) is 0 Å². The zero-order chi connectivity index (χ0) is 10.7. The Morgan fingerprint density at radius 3 is 2.73 bits per heavy atom. The van der Waals surface area contributed by atoms with E-state index in [2.05, 4.69) is 15.2 Å². The molecule has 2 N–H and O–H groups in total. The molecule has 4 nitrogen and oxygen atoms in total. The van der Waals surface area contributed by atoms with Crippen molar-refractivity contribution in [2.75, 3.05) is 5.73 Å². The van der Waals surface area contributed by atoms with E-state index in [0.717, 1.165) is 15.6 Å². The molecule has 0 amide bonds. The molecule has 0 aliphatic carbocycles. The Labute approximate surface area is 91.9 Å². The fraction of sp³-hybridized carbons (Fsp3) is 0.100. The minimum Gasteiger partial charge on any atom is -0.397 e. The third-order valence-electron chi connectivity index (χ3n) is 1.80. The van der Waals surface area contributed by atoms with Crippen LogP contribution in [0.1, 0.15) is 5.69 Å². The van der Waals surface area contributed by atoms with E-state index in [9.17, 15) is 0 Å². The van der Waals surface area contributed by atoms with E-state index in [1.54, 1.807) is 12.4 Å². The topological polar surface area (TPSA) is 64.7 Å². The van der Waals surface area contributed by atoms with Crippen LogP contribution in [0.15, 0.2) is 40.5 Å². The molecule has 5 heteroatoms. The summed E-state index contributed by atoms with van der Waals surface area (Å²) < 4.78 is 0. The molecule has 0 aromatic carbocycles. The van der Waals surface area contributed by atoms with E-state index in [-0.39, 0.29) is 0 Å². The van der Waals surface area contributed by atoms with Crippen molar-refractivity contribution < 1.29 is 0 Å². The Kier molecular flexibility index (Phi) is 2.82. The number of aromatic nitrogens is 3. The van der Waals surface area contributed by atoms with Crippen LogP contribution in [0.25, 0.3) is 0 Å². The Balaban J connectivity index is 2.22. The van der Waals surface area contributed by atoms with Gasteiger partial charge in [0.2, 0.25) is 0 Å². The van der Waals surface area contributed by atoms with Crippen molar-refractivity contribution in [1.29, 1.82) is 0 Å². The van der Waals surface area contributed by atoms with E-state index in [4.69, 9.17) is 5.73 Å². The number of anilines is 1. The highest BCUT2D eigenvalue weighted by Gasteiger charge is 2.02. The molecule has 0 radical (unpaired) electrons. The lowest BCUT2D eigenvalue weighted by atomic mass is 10.4. The maximum Gasteiger partial charge on any atom is 0.124 e. The van der Waals surface area contributed by atoms with Gasteiger partial charge < -0.3 is 5.73 Å². The first-order valence-corrected chi connectivity index (χ1v) is 5.25.